The smallest absolute Gasteiger partial charge is 0.304 e. The van der Waals surface area contributed by atoms with Crippen LogP contribution in [0.15, 0.2) is 18.2 Å². The van der Waals surface area contributed by atoms with E-state index in [2.05, 4.69) is 5.32 Å². The Morgan fingerprint density at radius 3 is 2.56 bits per heavy atom. The fraction of sp³-hybridized carbons (Fsp3) is 0.364. The van der Waals surface area contributed by atoms with Crippen molar-refractivity contribution >= 4 is 17.3 Å². The molecule has 1 aromatic carbocycles. The lowest BCUT2D eigenvalue weighted by molar-refractivity contribution is -0.387. The van der Waals surface area contributed by atoms with Crippen LogP contribution in [0.1, 0.15) is 13.8 Å². The van der Waals surface area contributed by atoms with Crippen LogP contribution in [0.3, 0.4) is 0 Å². The van der Waals surface area contributed by atoms with E-state index in [1.165, 1.54) is 6.07 Å². The number of nitro groups is 1. The Morgan fingerprint density at radius 1 is 1.50 bits per heavy atom. The molecule has 6 nitrogen and oxygen atoms in total. The first-order valence-electron chi connectivity index (χ1n) is 5.33. The molecule has 0 aliphatic carbocycles. The average Bonchev–Trinajstić information content (AvgIpc) is 2.27. The Labute approximate surface area is 103 Å². The quantitative estimate of drug-likeness (QED) is 0.631. The number of amides is 1. The third kappa shape index (κ3) is 3.24. The average molecular weight is 255 g/mol. The van der Waals surface area contributed by atoms with Gasteiger partial charge in [0.15, 0.2) is 0 Å². The molecule has 0 fully saturated rings. The summed E-state index contributed by atoms with van der Waals surface area (Å²) in [7, 11) is 0. The van der Waals surface area contributed by atoms with Gasteiger partial charge in [0.1, 0.15) is 0 Å². The highest BCUT2D eigenvalue weighted by Crippen LogP contribution is 2.21. The van der Waals surface area contributed by atoms with Crippen molar-refractivity contribution in [2.24, 2.45) is 11.7 Å². The molecule has 0 heterocycles. The van der Waals surface area contributed by atoms with Crippen molar-refractivity contribution in [3.8, 4) is 0 Å². The SMILES string of the molecule is CC(C)[C@@H](N)C(=O)Nc1ccc([N+](=O)[O-])c(F)c1. The maximum atomic E-state index is 13.3. The van der Waals surface area contributed by atoms with Crippen molar-refractivity contribution in [1.82, 2.24) is 0 Å². The lowest BCUT2D eigenvalue weighted by Crippen LogP contribution is -2.39. The number of halogens is 1. The molecule has 98 valence electrons. The Balaban J connectivity index is 2.84. The number of hydrogen-bond acceptors (Lipinski definition) is 4. The van der Waals surface area contributed by atoms with Crippen LogP contribution in [-0.4, -0.2) is 16.9 Å². The molecule has 0 unspecified atom stereocenters. The van der Waals surface area contributed by atoms with Crippen molar-refractivity contribution in [3.63, 3.8) is 0 Å². The Hall–Kier alpha value is -2.02. The van der Waals surface area contributed by atoms with Crippen molar-refractivity contribution in [3.05, 3.63) is 34.1 Å². The van der Waals surface area contributed by atoms with Gasteiger partial charge in [-0.15, -0.1) is 0 Å². The zero-order valence-corrected chi connectivity index (χ0v) is 10.0. The maximum Gasteiger partial charge on any atom is 0.304 e. The molecule has 0 aliphatic rings. The second-order valence-corrected chi connectivity index (χ2v) is 4.18. The summed E-state index contributed by atoms with van der Waals surface area (Å²) >= 11 is 0. The lowest BCUT2D eigenvalue weighted by Gasteiger charge is -2.15. The van der Waals surface area contributed by atoms with Crippen LogP contribution < -0.4 is 11.1 Å². The van der Waals surface area contributed by atoms with Crippen LogP contribution >= 0.6 is 0 Å². The maximum absolute atomic E-state index is 13.3. The second kappa shape index (κ2) is 5.54. The van der Waals surface area contributed by atoms with E-state index in [9.17, 15) is 19.3 Å². The van der Waals surface area contributed by atoms with Crippen molar-refractivity contribution in [2.45, 2.75) is 19.9 Å². The van der Waals surface area contributed by atoms with Crippen LogP contribution in [-0.2, 0) is 4.79 Å². The summed E-state index contributed by atoms with van der Waals surface area (Å²) < 4.78 is 13.3. The number of rotatable bonds is 4. The summed E-state index contributed by atoms with van der Waals surface area (Å²) in [5.41, 5.74) is 5.11. The van der Waals surface area contributed by atoms with Gasteiger partial charge >= 0.3 is 5.69 Å². The molecule has 1 amide bonds. The normalized spacial score (nSPS) is 12.3. The molecule has 18 heavy (non-hydrogen) atoms. The molecule has 0 radical (unpaired) electrons. The molecule has 0 saturated carbocycles. The number of nitrogens with one attached hydrogen (secondary N) is 1. The molecule has 1 atom stereocenters. The molecule has 0 spiro atoms. The van der Waals surface area contributed by atoms with Crippen LogP contribution in [0.2, 0.25) is 0 Å². The molecular weight excluding hydrogens is 241 g/mol. The summed E-state index contributed by atoms with van der Waals surface area (Å²) in [5, 5.41) is 12.8. The molecule has 0 aliphatic heterocycles. The van der Waals surface area contributed by atoms with Crippen LogP contribution in [0.4, 0.5) is 15.8 Å². The van der Waals surface area contributed by atoms with Crippen LogP contribution in [0.25, 0.3) is 0 Å². The molecule has 3 N–H and O–H groups in total. The minimum absolute atomic E-state index is 0.0621. The zero-order valence-electron chi connectivity index (χ0n) is 10.0. The van der Waals surface area contributed by atoms with Gasteiger partial charge in [-0.25, -0.2) is 0 Å². The monoisotopic (exact) mass is 255 g/mol. The topological polar surface area (TPSA) is 98.3 Å². The number of carbonyl (C=O) groups is 1. The highest BCUT2D eigenvalue weighted by molar-refractivity contribution is 5.94. The first-order chi connectivity index (χ1) is 8.32. The first-order valence-corrected chi connectivity index (χ1v) is 5.33. The van der Waals surface area contributed by atoms with Crippen LogP contribution in [0, 0.1) is 21.8 Å². The molecular formula is C11H14FN3O3. The van der Waals surface area contributed by atoms with Gasteiger partial charge in [0.05, 0.1) is 11.0 Å². The number of nitro benzene ring substituents is 1. The predicted octanol–water partition coefficient (Wildman–Crippen LogP) is 1.66. The number of anilines is 1. The molecule has 7 heteroatoms. The fourth-order valence-corrected chi connectivity index (χ4v) is 1.26. The van der Waals surface area contributed by atoms with Gasteiger partial charge in [-0.1, -0.05) is 13.8 Å². The van der Waals surface area contributed by atoms with Gasteiger partial charge in [0.2, 0.25) is 11.7 Å². The zero-order chi connectivity index (χ0) is 13.9. The largest absolute Gasteiger partial charge is 0.325 e. The van der Waals surface area contributed by atoms with E-state index in [1.807, 2.05) is 0 Å². The minimum Gasteiger partial charge on any atom is -0.325 e. The van der Waals surface area contributed by atoms with Gasteiger partial charge in [0.25, 0.3) is 0 Å². The summed E-state index contributed by atoms with van der Waals surface area (Å²) in [6, 6.07) is 2.42. The first kappa shape index (κ1) is 14.0. The third-order valence-corrected chi connectivity index (χ3v) is 2.43. The molecule has 0 saturated heterocycles. The summed E-state index contributed by atoms with van der Waals surface area (Å²) in [5.74, 6) is -1.53. The van der Waals surface area contributed by atoms with Crippen molar-refractivity contribution in [1.29, 1.82) is 0 Å². The van der Waals surface area contributed by atoms with Crippen molar-refractivity contribution < 1.29 is 14.1 Å². The van der Waals surface area contributed by atoms with E-state index in [0.29, 0.717) is 0 Å². The Bertz CT molecular complexity index is 477. The van der Waals surface area contributed by atoms with E-state index in [-0.39, 0.29) is 11.6 Å². The summed E-state index contributed by atoms with van der Waals surface area (Å²) in [6.07, 6.45) is 0. The minimum atomic E-state index is -1.00. The van der Waals surface area contributed by atoms with E-state index in [4.69, 9.17) is 5.73 Å². The molecule has 0 bridgehead atoms. The molecule has 1 rings (SSSR count). The van der Waals surface area contributed by atoms with Crippen LogP contribution in [0.5, 0.6) is 0 Å². The molecule has 0 aromatic heterocycles. The van der Waals surface area contributed by atoms with E-state index >= 15 is 0 Å². The lowest BCUT2D eigenvalue weighted by atomic mass is 10.0. The van der Waals surface area contributed by atoms with Gasteiger partial charge in [0, 0.05) is 17.8 Å². The predicted molar refractivity (Wildman–Crippen MR) is 64.5 cm³/mol. The van der Waals surface area contributed by atoms with E-state index < -0.39 is 28.4 Å². The van der Waals surface area contributed by atoms with Gasteiger partial charge < -0.3 is 11.1 Å². The fourth-order valence-electron chi connectivity index (χ4n) is 1.26. The number of nitrogens with two attached hydrogens (primary N) is 1. The standard InChI is InChI=1S/C11H14FN3O3/c1-6(2)10(13)11(16)14-7-3-4-9(15(17)18)8(12)5-7/h3-6,10H,13H2,1-2H3,(H,14,16)/t10-/m1/s1. The van der Waals surface area contributed by atoms with Gasteiger partial charge in [-0.2, -0.15) is 4.39 Å². The number of nitrogens with zero attached hydrogens (tertiary/aromatic N) is 1. The third-order valence-electron chi connectivity index (χ3n) is 2.43. The number of benzene rings is 1. The highest BCUT2D eigenvalue weighted by Gasteiger charge is 2.19. The summed E-state index contributed by atoms with van der Waals surface area (Å²) in [6.45, 7) is 3.56. The second-order valence-electron chi connectivity index (χ2n) is 4.18. The van der Waals surface area contributed by atoms with Crippen molar-refractivity contribution in [2.75, 3.05) is 5.32 Å². The van der Waals surface area contributed by atoms with E-state index in [0.717, 1.165) is 12.1 Å². The highest BCUT2D eigenvalue weighted by atomic mass is 19.1. The summed E-state index contributed by atoms with van der Waals surface area (Å²) in [4.78, 5) is 21.2. The number of carbonyl (C=O) groups excluding carboxylic acids is 1. The molecule has 1 aromatic rings. The van der Waals surface area contributed by atoms with Gasteiger partial charge in [-0.3, -0.25) is 14.9 Å². The number of hydrogen-bond donors (Lipinski definition) is 2. The Kier molecular flexibility index (Phi) is 4.33. The van der Waals surface area contributed by atoms with Gasteiger partial charge in [-0.05, 0) is 12.0 Å². The van der Waals surface area contributed by atoms with E-state index in [1.54, 1.807) is 13.8 Å². The Morgan fingerprint density at radius 2 is 2.11 bits per heavy atom.